The Labute approximate surface area is 594 Å². The Balaban J connectivity index is 5.25. The minimum absolute atomic E-state index is 0.105. The summed E-state index contributed by atoms with van der Waals surface area (Å²) in [7, 11) is -9.92. The molecule has 17 nitrogen and oxygen atoms in total. The van der Waals surface area contributed by atoms with Crippen LogP contribution in [0.3, 0.4) is 0 Å². The van der Waals surface area contributed by atoms with E-state index < -0.39 is 97.5 Å². The predicted octanol–water partition coefficient (Wildman–Crippen LogP) is 22.8. The summed E-state index contributed by atoms with van der Waals surface area (Å²) in [5.74, 6) is 1.00. The van der Waals surface area contributed by atoms with Crippen LogP contribution >= 0.6 is 15.6 Å². The van der Waals surface area contributed by atoms with Crippen molar-refractivity contribution in [1.29, 1.82) is 0 Å². The number of phosphoric acid groups is 2. The number of aliphatic hydroxyl groups is 1. The van der Waals surface area contributed by atoms with Gasteiger partial charge in [-0.25, -0.2) is 9.13 Å². The lowest BCUT2D eigenvalue weighted by Gasteiger charge is -2.21. The first kappa shape index (κ1) is 95.1. The molecule has 3 N–H and O–H groups in total. The van der Waals surface area contributed by atoms with Gasteiger partial charge in [-0.1, -0.05) is 344 Å². The lowest BCUT2D eigenvalue weighted by atomic mass is 9.99. The van der Waals surface area contributed by atoms with Crippen molar-refractivity contribution in [3.63, 3.8) is 0 Å². The number of carbonyl (C=O) groups excluding carboxylic acids is 4. The van der Waals surface area contributed by atoms with Crippen molar-refractivity contribution in [2.24, 2.45) is 23.7 Å². The van der Waals surface area contributed by atoms with Gasteiger partial charge in [0.2, 0.25) is 0 Å². The van der Waals surface area contributed by atoms with Crippen molar-refractivity contribution in [3.05, 3.63) is 0 Å². The van der Waals surface area contributed by atoms with E-state index in [-0.39, 0.29) is 25.7 Å². The third-order valence-electron chi connectivity index (χ3n) is 18.8. The number of ether oxygens (including phenoxy) is 4. The van der Waals surface area contributed by atoms with Crippen LogP contribution in [0.15, 0.2) is 0 Å². The molecule has 0 saturated heterocycles. The van der Waals surface area contributed by atoms with Gasteiger partial charge in [-0.2, -0.15) is 0 Å². The average Bonchev–Trinajstić information content (AvgIpc) is 1.85. The second kappa shape index (κ2) is 67.2. The molecule has 97 heavy (non-hydrogen) atoms. The van der Waals surface area contributed by atoms with Crippen molar-refractivity contribution >= 4 is 39.5 Å². The number of unbranched alkanes of at least 4 members (excludes halogenated alkanes) is 39. The molecule has 0 rings (SSSR count). The minimum atomic E-state index is -4.96. The molecule has 0 saturated carbocycles. The molecular weight excluding hydrogens is 1270 g/mol. The van der Waals surface area contributed by atoms with Gasteiger partial charge in [-0.15, -0.1) is 0 Å². The molecule has 0 amide bonds. The number of esters is 4. The Hall–Kier alpha value is -1.94. The van der Waals surface area contributed by atoms with Gasteiger partial charge in [0.25, 0.3) is 0 Å². The zero-order valence-corrected chi connectivity index (χ0v) is 65.5. The highest BCUT2D eigenvalue weighted by Gasteiger charge is 2.30. The van der Waals surface area contributed by atoms with E-state index in [0.29, 0.717) is 25.7 Å². The van der Waals surface area contributed by atoms with E-state index in [4.69, 9.17) is 37.0 Å². The van der Waals surface area contributed by atoms with E-state index in [1.165, 1.54) is 193 Å². The molecule has 0 aliphatic carbocycles. The molecule has 0 fully saturated rings. The SMILES string of the molecule is CCC(C)CCCCCCCCCCCCCCCCC(=O)OC[C@H](COP(=O)(O)OC[C@@H](O)COP(=O)(O)OC[C@@H](COC(=O)CCCCCCCCC(C)CC)OC(=O)CCCCCCCCCCCCC(C)C)OC(=O)CCCCCCCCCCCCCCCC(C)C. The van der Waals surface area contributed by atoms with Gasteiger partial charge in [-0.05, 0) is 49.4 Å². The molecule has 0 heterocycles. The third-order valence-corrected chi connectivity index (χ3v) is 20.7. The zero-order chi connectivity index (χ0) is 71.7. The molecule has 0 aliphatic rings. The summed E-state index contributed by atoms with van der Waals surface area (Å²) in [6.45, 7) is 14.2. The Bertz CT molecular complexity index is 1910. The third kappa shape index (κ3) is 69.5. The van der Waals surface area contributed by atoms with Crippen molar-refractivity contribution in [2.75, 3.05) is 39.6 Å². The predicted molar refractivity (Wildman–Crippen MR) is 395 cm³/mol. The Morgan fingerprint density at radius 3 is 0.732 bits per heavy atom. The fraction of sp³-hybridized carbons (Fsp3) is 0.949. The normalized spacial score (nSPS) is 14.6. The van der Waals surface area contributed by atoms with Gasteiger partial charge in [-0.3, -0.25) is 37.3 Å². The van der Waals surface area contributed by atoms with Crippen LogP contribution < -0.4 is 0 Å². The molecule has 4 unspecified atom stereocenters. The van der Waals surface area contributed by atoms with Crippen molar-refractivity contribution in [1.82, 2.24) is 0 Å². The van der Waals surface area contributed by atoms with E-state index in [1.807, 2.05) is 0 Å². The molecule has 0 bridgehead atoms. The van der Waals surface area contributed by atoms with Crippen molar-refractivity contribution < 1.29 is 80.2 Å². The summed E-state index contributed by atoms with van der Waals surface area (Å²) in [4.78, 5) is 72.9. The number of rotatable bonds is 75. The first-order valence-corrected chi connectivity index (χ1v) is 43.3. The summed E-state index contributed by atoms with van der Waals surface area (Å²) in [6.07, 6.45) is 52.7. The topological polar surface area (TPSA) is 237 Å². The monoisotopic (exact) mass is 1420 g/mol. The van der Waals surface area contributed by atoms with Gasteiger partial charge in [0.15, 0.2) is 12.2 Å². The zero-order valence-electron chi connectivity index (χ0n) is 63.7. The molecule has 0 aromatic carbocycles. The molecule has 576 valence electrons. The lowest BCUT2D eigenvalue weighted by Crippen LogP contribution is -2.30. The summed E-state index contributed by atoms with van der Waals surface area (Å²) >= 11 is 0. The van der Waals surface area contributed by atoms with E-state index in [2.05, 4.69) is 55.4 Å². The van der Waals surface area contributed by atoms with Gasteiger partial charge in [0.05, 0.1) is 26.4 Å². The maximum Gasteiger partial charge on any atom is 0.472 e. The largest absolute Gasteiger partial charge is 0.472 e. The van der Waals surface area contributed by atoms with E-state index in [0.717, 1.165) is 120 Å². The Kier molecular flexibility index (Phi) is 65.9. The van der Waals surface area contributed by atoms with Crippen LogP contribution in [0.2, 0.25) is 0 Å². The number of hydrogen-bond acceptors (Lipinski definition) is 15. The van der Waals surface area contributed by atoms with Crippen molar-refractivity contribution in [3.8, 4) is 0 Å². The quantitative estimate of drug-likeness (QED) is 0.0222. The molecular formula is C78H152O17P2. The molecule has 19 heteroatoms. The molecule has 0 aromatic heterocycles. The molecule has 0 aliphatic heterocycles. The molecule has 0 aromatic rings. The highest BCUT2D eigenvalue weighted by atomic mass is 31.2. The van der Waals surface area contributed by atoms with Crippen LogP contribution in [0.25, 0.3) is 0 Å². The van der Waals surface area contributed by atoms with Gasteiger partial charge in [0.1, 0.15) is 19.3 Å². The highest BCUT2D eigenvalue weighted by molar-refractivity contribution is 7.47. The van der Waals surface area contributed by atoms with E-state index >= 15 is 0 Å². The standard InChI is InChI=1S/C78H152O17P2/c1-9-70(7)56-48-40-32-26-19-15-11-12-16-20-27-33-42-50-58-75(80)88-64-73(94-77(82)60-52-44-34-28-21-17-13-14-18-24-30-38-46-54-68(3)4)66-92-96(84,85)90-62-72(79)63-91-97(86,87)93-67-74(65-89-76(81)59-51-43-37-36-41-49-57-71(8)10-2)95-78(83)61-53-45-35-29-23-22-25-31-39-47-55-69(5)6/h68-74,79H,9-67H2,1-8H3,(H,84,85)(H,86,87)/t70?,71?,72-,73-,74-/m1/s1. The summed E-state index contributed by atoms with van der Waals surface area (Å²) in [6, 6.07) is 0. The molecule has 7 atom stereocenters. The fourth-order valence-electron chi connectivity index (χ4n) is 11.8. The van der Waals surface area contributed by atoms with E-state index in [9.17, 15) is 43.2 Å². The first-order chi connectivity index (χ1) is 46.7. The van der Waals surface area contributed by atoms with Gasteiger partial charge < -0.3 is 33.8 Å². The maximum absolute atomic E-state index is 13.1. The maximum atomic E-state index is 13.1. The van der Waals surface area contributed by atoms with Crippen LogP contribution in [-0.4, -0.2) is 96.7 Å². The number of phosphoric ester groups is 2. The summed E-state index contributed by atoms with van der Waals surface area (Å²) in [5, 5.41) is 10.6. The fourth-order valence-corrected chi connectivity index (χ4v) is 13.4. The number of hydrogen-bond donors (Lipinski definition) is 3. The summed E-state index contributed by atoms with van der Waals surface area (Å²) in [5.41, 5.74) is 0. The van der Waals surface area contributed by atoms with Crippen LogP contribution in [0.1, 0.15) is 396 Å². The van der Waals surface area contributed by atoms with Crippen LogP contribution in [0.4, 0.5) is 0 Å². The Morgan fingerprint density at radius 1 is 0.289 bits per heavy atom. The average molecular weight is 1420 g/mol. The van der Waals surface area contributed by atoms with Crippen LogP contribution in [0, 0.1) is 23.7 Å². The Morgan fingerprint density at radius 2 is 0.495 bits per heavy atom. The summed E-state index contributed by atoms with van der Waals surface area (Å²) < 4.78 is 68.6. The smallest absolute Gasteiger partial charge is 0.462 e. The minimum Gasteiger partial charge on any atom is -0.462 e. The van der Waals surface area contributed by atoms with Gasteiger partial charge in [0, 0.05) is 25.7 Å². The second-order valence-corrected chi connectivity index (χ2v) is 32.4. The van der Waals surface area contributed by atoms with Crippen molar-refractivity contribution in [2.45, 2.75) is 414 Å². The molecule has 0 radical (unpaired) electrons. The number of aliphatic hydroxyl groups excluding tert-OH is 1. The second-order valence-electron chi connectivity index (χ2n) is 29.5. The van der Waals surface area contributed by atoms with Crippen LogP contribution in [-0.2, 0) is 65.4 Å². The first-order valence-electron chi connectivity index (χ1n) is 40.3. The number of carbonyl (C=O) groups is 4. The highest BCUT2D eigenvalue weighted by Crippen LogP contribution is 2.45. The van der Waals surface area contributed by atoms with E-state index in [1.54, 1.807) is 0 Å². The van der Waals surface area contributed by atoms with Crippen LogP contribution in [0.5, 0.6) is 0 Å². The van der Waals surface area contributed by atoms with Gasteiger partial charge >= 0.3 is 39.5 Å². The lowest BCUT2D eigenvalue weighted by molar-refractivity contribution is -0.161. The molecule has 0 spiro atoms.